The first-order valence-corrected chi connectivity index (χ1v) is 6.29. The van der Waals surface area contributed by atoms with E-state index in [2.05, 4.69) is 29.7 Å². The molecule has 0 atom stereocenters. The second kappa shape index (κ2) is 8.03. The molecule has 0 unspecified atom stereocenters. The Bertz CT molecular complexity index is 338. The van der Waals surface area contributed by atoms with Crippen molar-refractivity contribution in [2.75, 3.05) is 25.6 Å². The summed E-state index contributed by atoms with van der Waals surface area (Å²) in [6, 6.07) is 8.30. The van der Waals surface area contributed by atoms with Gasteiger partial charge in [-0.2, -0.15) is 0 Å². The van der Waals surface area contributed by atoms with Gasteiger partial charge in [-0.1, -0.05) is 19.1 Å². The molecule has 0 aliphatic carbocycles. The fraction of sp³-hybridized carbons (Fsp3) is 0.462. The van der Waals surface area contributed by atoms with Crippen LogP contribution in [0.5, 0.6) is 0 Å². The number of hydrogen-bond donors (Lipinski definition) is 2. The van der Waals surface area contributed by atoms with E-state index < -0.39 is 0 Å². The highest BCUT2D eigenvalue weighted by Crippen LogP contribution is 2.09. The Labute approximate surface area is 109 Å². The zero-order chi connectivity index (χ0) is 12.5. The van der Waals surface area contributed by atoms with Crippen LogP contribution in [0.25, 0.3) is 0 Å². The molecule has 0 aliphatic rings. The van der Waals surface area contributed by atoms with E-state index in [0.717, 1.165) is 31.7 Å². The van der Waals surface area contributed by atoms with Crippen LogP contribution >= 0.6 is 12.2 Å². The molecule has 0 amide bonds. The van der Waals surface area contributed by atoms with Crippen molar-refractivity contribution in [2.24, 2.45) is 0 Å². The molecule has 0 fully saturated rings. The molecule has 0 saturated carbocycles. The minimum Gasteiger partial charge on any atom is -0.385 e. The Morgan fingerprint density at radius 3 is 2.59 bits per heavy atom. The Balaban J connectivity index is 2.29. The van der Waals surface area contributed by atoms with Crippen molar-refractivity contribution in [3.63, 3.8) is 0 Å². The molecule has 0 saturated heterocycles. The first kappa shape index (κ1) is 13.9. The van der Waals surface area contributed by atoms with Crippen molar-refractivity contribution in [1.29, 1.82) is 0 Å². The average Bonchev–Trinajstić information content (AvgIpc) is 2.36. The minimum atomic E-state index is 0.658. The maximum absolute atomic E-state index is 5.18. The second-order valence-corrected chi connectivity index (χ2v) is 4.19. The van der Waals surface area contributed by atoms with Gasteiger partial charge in [0.1, 0.15) is 0 Å². The van der Waals surface area contributed by atoms with Crippen molar-refractivity contribution in [3.8, 4) is 0 Å². The van der Waals surface area contributed by atoms with E-state index in [0.29, 0.717) is 5.11 Å². The number of ether oxygens (including phenoxy) is 1. The number of nitrogens with one attached hydrogen (secondary N) is 2. The van der Waals surface area contributed by atoms with Crippen LogP contribution in [0.4, 0.5) is 5.69 Å². The lowest BCUT2D eigenvalue weighted by Crippen LogP contribution is -2.29. The monoisotopic (exact) mass is 252 g/mol. The summed E-state index contributed by atoms with van der Waals surface area (Å²) in [4.78, 5) is 0. The van der Waals surface area contributed by atoms with Crippen LogP contribution in [0.1, 0.15) is 18.9 Å². The van der Waals surface area contributed by atoms with Crippen molar-refractivity contribution in [2.45, 2.75) is 19.8 Å². The Morgan fingerprint density at radius 2 is 2.00 bits per heavy atom. The lowest BCUT2D eigenvalue weighted by molar-refractivity contribution is 0.196. The maximum Gasteiger partial charge on any atom is 0.170 e. The third-order valence-corrected chi connectivity index (χ3v) is 2.68. The van der Waals surface area contributed by atoms with Gasteiger partial charge in [0.15, 0.2) is 5.11 Å². The topological polar surface area (TPSA) is 33.3 Å². The van der Waals surface area contributed by atoms with E-state index in [1.165, 1.54) is 5.56 Å². The molecule has 1 aromatic carbocycles. The molecular weight excluding hydrogens is 232 g/mol. The van der Waals surface area contributed by atoms with Gasteiger partial charge in [-0.05, 0) is 42.8 Å². The fourth-order valence-corrected chi connectivity index (χ4v) is 1.64. The van der Waals surface area contributed by atoms with E-state index in [1.54, 1.807) is 7.11 Å². The van der Waals surface area contributed by atoms with E-state index >= 15 is 0 Å². The molecular formula is C13H20N2OS. The molecule has 1 aromatic rings. The highest BCUT2D eigenvalue weighted by atomic mass is 32.1. The van der Waals surface area contributed by atoms with Crippen LogP contribution in [0.3, 0.4) is 0 Å². The largest absolute Gasteiger partial charge is 0.385 e. The number of methoxy groups -OCH3 is 1. The van der Waals surface area contributed by atoms with Crippen molar-refractivity contribution >= 4 is 23.0 Å². The minimum absolute atomic E-state index is 0.658. The Kier molecular flexibility index (Phi) is 6.58. The van der Waals surface area contributed by atoms with Gasteiger partial charge >= 0.3 is 0 Å². The third kappa shape index (κ3) is 5.65. The van der Waals surface area contributed by atoms with Crippen LogP contribution in [0.15, 0.2) is 24.3 Å². The first-order valence-electron chi connectivity index (χ1n) is 5.89. The number of anilines is 1. The molecule has 0 spiro atoms. The maximum atomic E-state index is 5.18. The molecule has 0 aliphatic heterocycles. The SMILES string of the molecule is CCc1ccc(NC(=S)NCCCOC)cc1. The van der Waals surface area contributed by atoms with Gasteiger partial charge in [-0.3, -0.25) is 0 Å². The third-order valence-electron chi connectivity index (χ3n) is 2.43. The molecule has 94 valence electrons. The van der Waals surface area contributed by atoms with Crippen molar-refractivity contribution in [1.82, 2.24) is 5.32 Å². The van der Waals surface area contributed by atoms with E-state index in [4.69, 9.17) is 17.0 Å². The van der Waals surface area contributed by atoms with Gasteiger partial charge in [0.25, 0.3) is 0 Å². The summed E-state index contributed by atoms with van der Waals surface area (Å²) in [6.07, 6.45) is 2.01. The number of aryl methyl sites for hydroxylation is 1. The fourth-order valence-electron chi connectivity index (χ4n) is 1.42. The van der Waals surface area contributed by atoms with Gasteiger partial charge in [-0.15, -0.1) is 0 Å². The molecule has 0 bridgehead atoms. The summed E-state index contributed by atoms with van der Waals surface area (Å²) in [5.41, 5.74) is 2.35. The van der Waals surface area contributed by atoms with Crippen LogP contribution in [-0.4, -0.2) is 25.4 Å². The van der Waals surface area contributed by atoms with Gasteiger partial charge in [0.05, 0.1) is 0 Å². The van der Waals surface area contributed by atoms with Crippen LogP contribution in [0.2, 0.25) is 0 Å². The zero-order valence-electron chi connectivity index (χ0n) is 10.5. The molecule has 0 heterocycles. The number of thiocarbonyl (C=S) groups is 1. The zero-order valence-corrected chi connectivity index (χ0v) is 11.3. The van der Waals surface area contributed by atoms with E-state index in [-0.39, 0.29) is 0 Å². The number of hydrogen-bond acceptors (Lipinski definition) is 2. The summed E-state index contributed by atoms with van der Waals surface area (Å²) in [6.45, 7) is 3.72. The lowest BCUT2D eigenvalue weighted by atomic mass is 10.1. The first-order chi connectivity index (χ1) is 8.26. The van der Waals surface area contributed by atoms with Crippen LogP contribution in [0, 0.1) is 0 Å². The highest BCUT2D eigenvalue weighted by molar-refractivity contribution is 7.80. The number of benzene rings is 1. The lowest BCUT2D eigenvalue weighted by Gasteiger charge is -2.10. The van der Waals surface area contributed by atoms with E-state index in [1.807, 2.05) is 12.1 Å². The van der Waals surface area contributed by atoms with Crippen LogP contribution in [-0.2, 0) is 11.2 Å². The number of rotatable bonds is 6. The average molecular weight is 252 g/mol. The second-order valence-electron chi connectivity index (χ2n) is 3.78. The van der Waals surface area contributed by atoms with Crippen LogP contribution < -0.4 is 10.6 Å². The smallest absolute Gasteiger partial charge is 0.170 e. The summed E-state index contributed by atoms with van der Waals surface area (Å²) < 4.78 is 4.96. The predicted octanol–water partition coefficient (Wildman–Crippen LogP) is 2.57. The van der Waals surface area contributed by atoms with E-state index in [9.17, 15) is 0 Å². The van der Waals surface area contributed by atoms with Gasteiger partial charge < -0.3 is 15.4 Å². The van der Waals surface area contributed by atoms with Gasteiger partial charge in [-0.25, -0.2) is 0 Å². The normalized spacial score (nSPS) is 10.0. The Morgan fingerprint density at radius 1 is 1.29 bits per heavy atom. The molecule has 4 heteroatoms. The van der Waals surface area contributed by atoms with Crippen molar-refractivity contribution in [3.05, 3.63) is 29.8 Å². The summed E-state index contributed by atoms with van der Waals surface area (Å²) in [5, 5.41) is 6.94. The van der Waals surface area contributed by atoms with Gasteiger partial charge in [0.2, 0.25) is 0 Å². The summed E-state index contributed by atoms with van der Waals surface area (Å²) >= 11 is 5.18. The predicted molar refractivity (Wildman–Crippen MR) is 76.5 cm³/mol. The quantitative estimate of drug-likeness (QED) is 0.602. The molecule has 0 aromatic heterocycles. The van der Waals surface area contributed by atoms with Gasteiger partial charge in [0, 0.05) is 25.9 Å². The van der Waals surface area contributed by atoms with Crippen molar-refractivity contribution < 1.29 is 4.74 Å². The summed E-state index contributed by atoms with van der Waals surface area (Å²) in [5.74, 6) is 0. The molecule has 2 N–H and O–H groups in total. The molecule has 0 radical (unpaired) electrons. The standard InChI is InChI=1S/C13H20N2OS/c1-3-11-5-7-12(8-6-11)15-13(17)14-9-4-10-16-2/h5-8H,3-4,9-10H2,1-2H3,(H2,14,15,17). The molecule has 17 heavy (non-hydrogen) atoms. The highest BCUT2D eigenvalue weighted by Gasteiger charge is 1.97. The summed E-state index contributed by atoms with van der Waals surface area (Å²) in [7, 11) is 1.70. The molecule has 1 rings (SSSR count). The molecule has 3 nitrogen and oxygen atoms in total. The Hall–Kier alpha value is -1.13.